The van der Waals surface area contributed by atoms with Crippen LogP contribution < -0.4 is 0 Å². The van der Waals surface area contributed by atoms with E-state index in [2.05, 4.69) is 0 Å². The molecule has 4 aliphatic rings. The Labute approximate surface area is 121 Å². The summed E-state index contributed by atoms with van der Waals surface area (Å²) < 4.78 is 19.9. The van der Waals surface area contributed by atoms with Crippen molar-refractivity contribution in [3.8, 4) is 0 Å². The van der Waals surface area contributed by atoms with E-state index in [0.717, 1.165) is 37.0 Å². The summed E-state index contributed by atoms with van der Waals surface area (Å²) in [5.41, 5.74) is 0.107. The first-order valence-corrected chi connectivity index (χ1v) is 8.19. The van der Waals surface area contributed by atoms with E-state index in [9.17, 15) is 9.18 Å². The number of halogens is 1. The minimum Gasteiger partial charge on any atom is -0.429 e. The Bertz CT molecular complexity index is 365. The van der Waals surface area contributed by atoms with E-state index in [1.165, 1.54) is 26.2 Å². The van der Waals surface area contributed by atoms with E-state index < -0.39 is 11.8 Å². The maximum absolute atomic E-state index is 14.8. The molecule has 0 saturated heterocycles. The normalized spacial score (nSPS) is 41.8. The van der Waals surface area contributed by atoms with Gasteiger partial charge in [0.15, 0.2) is 0 Å². The van der Waals surface area contributed by atoms with E-state index >= 15 is 0 Å². The summed E-state index contributed by atoms with van der Waals surface area (Å²) in [6, 6.07) is 0. The van der Waals surface area contributed by atoms with Crippen LogP contribution in [0.25, 0.3) is 0 Å². The van der Waals surface area contributed by atoms with Gasteiger partial charge in [0.2, 0.25) is 5.85 Å². The van der Waals surface area contributed by atoms with Crippen molar-refractivity contribution in [1.29, 1.82) is 0 Å². The van der Waals surface area contributed by atoms with Crippen LogP contribution in [-0.4, -0.2) is 11.8 Å². The Morgan fingerprint density at radius 1 is 1.20 bits per heavy atom. The van der Waals surface area contributed by atoms with Crippen LogP contribution in [-0.2, 0) is 9.53 Å². The predicted octanol–water partition coefficient (Wildman–Crippen LogP) is 4.48. The predicted molar refractivity (Wildman–Crippen MR) is 75.7 cm³/mol. The molecule has 4 rings (SSSR count). The van der Waals surface area contributed by atoms with Crippen LogP contribution in [0, 0.1) is 29.1 Å². The third kappa shape index (κ3) is 2.73. The first-order valence-electron chi connectivity index (χ1n) is 8.19. The fraction of sp³-hybridized carbons (Fsp3) is 0.941. The molecule has 0 amide bonds. The molecule has 0 spiro atoms. The van der Waals surface area contributed by atoms with Crippen LogP contribution in [0.3, 0.4) is 0 Å². The van der Waals surface area contributed by atoms with Crippen molar-refractivity contribution in [2.24, 2.45) is 29.1 Å². The fourth-order valence-electron chi connectivity index (χ4n) is 5.54. The number of hydrogen-bond acceptors (Lipinski definition) is 2. The molecule has 4 bridgehead atoms. The molecule has 4 fully saturated rings. The molecule has 0 radical (unpaired) electrons. The van der Waals surface area contributed by atoms with Gasteiger partial charge in [-0.2, -0.15) is 4.39 Å². The first-order chi connectivity index (χ1) is 9.27. The Morgan fingerprint density at radius 3 is 2.05 bits per heavy atom. The maximum Gasteiger partial charge on any atom is 0.311 e. The number of alkyl halides is 1. The Hall–Kier alpha value is -0.600. The van der Waals surface area contributed by atoms with Crippen LogP contribution in [0.1, 0.15) is 65.7 Å². The van der Waals surface area contributed by atoms with Gasteiger partial charge in [-0.3, -0.25) is 4.79 Å². The van der Waals surface area contributed by atoms with Crippen molar-refractivity contribution in [2.75, 3.05) is 0 Å². The van der Waals surface area contributed by atoms with Crippen molar-refractivity contribution in [2.45, 2.75) is 71.6 Å². The largest absolute Gasteiger partial charge is 0.429 e. The Balaban J connectivity index is 1.69. The van der Waals surface area contributed by atoms with Gasteiger partial charge in [-0.1, -0.05) is 13.8 Å². The number of carbonyl (C=O) groups excluding carboxylic acids is 1. The molecule has 3 heteroatoms. The molecule has 0 aliphatic heterocycles. The van der Waals surface area contributed by atoms with Crippen molar-refractivity contribution >= 4 is 5.97 Å². The van der Waals surface area contributed by atoms with Gasteiger partial charge in [-0.05, 0) is 61.7 Å². The average molecular weight is 282 g/mol. The summed E-state index contributed by atoms with van der Waals surface area (Å²) in [5.74, 6) is -0.0674. The number of ether oxygens (including phenoxy) is 1. The third-order valence-electron chi connectivity index (χ3n) is 5.64. The summed E-state index contributed by atoms with van der Waals surface area (Å²) >= 11 is 0. The topological polar surface area (TPSA) is 26.3 Å². The van der Waals surface area contributed by atoms with Gasteiger partial charge in [-0.25, -0.2) is 0 Å². The molecule has 0 heterocycles. The standard InChI is InChI=1S/C17H27FO2/c1-11(2)15(19)20-16(3,18)10-17-7-12-4-13(8-17)6-14(5-12)9-17/h11-14H,4-10H2,1-3H3. The van der Waals surface area contributed by atoms with Crippen molar-refractivity contribution < 1.29 is 13.9 Å². The second kappa shape index (κ2) is 4.71. The highest BCUT2D eigenvalue weighted by Gasteiger charge is 2.53. The summed E-state index contributed by atoms with van der Waals surface area (Å²) in [5, 5.41) is 0. The van der Waals surface area contributed by atoms with Gasteiger partial charge < -0.3 is 4.74 Å². The molecule has 114 valence electrons. The molecule has 1 unspecified atom stereocenters. The van der Waals surface area contributed by atoms with Gasteiger partial charge in [0.25, 0.3) is 0 Å². The SMILES string of the molecule is CC(C)C(=O)OC(C)(F)CC12CC3CC(CC(C3)C1)C2. The van der Waals surface area contributed by atoms with Crippen LogP contribution in [0.4, 0.5) is 4.39 Å². The molecular formula is C17H27FO2. The molecule has 2 nitrogen and oxygen atoms in total. The van der Waals surface area contributed by atoms with Crippen molar-refractivity contribution in [3.05, 3.63) is 0 Å². The van der Waals surface area contributed by atoms with Gasteiger partial charge in [-0.15, -0.1) is 0 Å². The highest BCUT2D eigenvalue weighted by molar-refractivity contribution is 5.71. The number of hydrogen-bond donors (Lipinski definition) is 0. The van der Waals surface area contributed by atoms with Gasteiger partial charge in [0.1, 0.15) is 0 Å². The molecule has 0 aromatic heterocycles. The van der Waals surface area contributed by atoms with Gasteiger partial charge in [0.05, 0.1) is 5.92 Å². The van der Waals surface area contributed by atoms with E-state index in [1.54, 1.807) is 13.8 Å². The van der Waals surface area contributed by atoms with Crippen molar-refractivity contribution in [1.82, 2.24) is 0 Å². The van der Waals surface area contributed by atoms with E-state index in [0.29, 0.717) is 6.42 Å². The second-order valence-corrected chi connectivity index (χ2v) is 8.27. The first kappa shape index (κ1) is 14.3. The number of carbonyl (C=O) groups is 1. The molecule has 0 aromatic rings. The number of esters is 1. The highest BCUT2D eigenvalue weighted by atomic mass is 19.2. The van der Waals surface area contributed by atoms with Crippen LogP contribution >= 0.6 is 0 Å². The Kier molecular flexibility index (Phi) is 3.38. The molecule has 0 aromatic carbocycles. The van der Waals surface area contributed by atoms with E-state index in [4.69, 9.17) is 4.74 Å². The van der Waals surface area contributed by atoms with E-state index in [-0.39, 0.29) is 11.3 Å². The van der Waals surface area contributed by atoms with E-state index in [1.807, 2.05) is 0 Å². The molecule has 0 N–H and O–H groups in total. The summed E-state index contributed by atoms with van der Waals surface area (Å²) in [6.07, 6.45) is 7.92. The van der Waals surface area contributed by atoms with Gasteiger partial charge >= 0.3 is 5.97 Å². The second-order valence-electron chi connectivity index (χ2n) is 8.27. The van der Waals surface area contributed by atoms with Gasteiger partial charge in [0, 0.05) is 13.3 Å². The lowest BCUT2D eigenvalue weighted by Crippen LogP contribution is -2.49. The lowest BCUT2D eigenvalue weighted by Gasteiger charge is -2.57. The van der Waals surface area contributed by atoms with Crippen LogP contribution in [0.15, 0.2) is 0 Å². The average Bonchev–Trinajstić information content (AvgIpc) is 2.23. The lowest BCUT2D eigenvalue weighted by molar-refractivity contribution is -0.198. The highest BCUT2D eigenvalue weighted by Crippen LogP contribution is 2.62. The number of rotatable bonds is 4. The van der Waals surface area contributed by atoms with Crippen molar-refractivity contribution in [3.63, 3.8) is 0 Å². The Morgan fingerprint density at radius 2 is 1.65 bits per heavy atom. The lowest BCUT2D eigenvalue weighted by atomic mass is 9.48. The molecule has 4 aliphatic carbocycles. The third-order valence-corrected chi connectivity index (χ3v) is 5.64. The molecular weight excluding hydrogens is 255 g/mol. The summed E-state index contributed by atoms with van der Waals surface area (Å²) in [7, 11) is 0. The molecule has 4 saturated carbocycles. The van der Waals surface area contributed by atoms with Crippen LogP contribution in [0.2, 0.25) is 0 Å². The van der Waals surface area contributed by atoms with Crippen LogP contribution in [0.5, 0.6) is 0 Å². The molecule has 20 heavy (non-hydrogen) atoms. The zero-order valence-electron chi connectivity index (χ0n) is 13.0. The fourth-order valence-corrected chi connectivity index (χ4v) is 5.54. The molecule has 1 atom stereocenters. The zero-order valence-corrected chi connectivity index (χ0v) is 13.0. The monoisotopic (exact) mass is 282 g/mol. The maximum atomic E-state index is 14.8. The smallest absolute Gasteiger partial charge is 0.311 e. The summed E-state index contributed by atoms with van der Waals surface area (Å²) in [6.45, 7) is 4.96. The minimum absolute atomic E-state index is 0.107. The summed E-state index contributed by atoms with van der Waals surface area (Å²) in [4.78, 5) is 11.7. The zero-order chi connectivity index (χ0) is 14.5. The quantitative estimate of drug-likeness (QED) is 0.711. The minimum atomic E-state index is -1.80.